The first-order valence-corrected chi connectivity index (χ1v) is 8.02. The minimum Gasteiger partial charge on any atom is -0.490 e. The van der Waals surface area contributed by atoms with Crippen LogP contribution in [-0.4, -0.2) is 17.5 Å². The molecule has 2 atom stereocenters. The van der Waals surface area contributed by atoms with Crippen LogP contribution >= 0.6 is 11.8 Å². The van der Waals surface area contributed by atoms with Gasteiger partial charge in [0.15, 0.2) is 0 Å². The molecule has 2 aromatic rings. The summed E-state index contributed by atoms with van der Waals surface area (Å²) in [5.74, 6) is 0.951. The van der Waals surface area contributed by atoms with Crippen LogP contribution in [0.25, 0.3) is 0 Å². The maximum absolute atomic E-state index is 10.6. The smallest absolute Gasteiger partial charge is 0.123 e. The molecule has 0 spiro atoms. The lowest BCUT2D eigenvalue weighted by Gasteiger charge is -2.15. The minimum atomic E-state index is -0.583. The van der Waals surface area contributed by atoms with Crippen molar-refractivity contribution in [2.24, 2.45) is 0 Å². The molecular formula is C17H18O2S. The molecule has 0 aromatic heterocycles. The van der Waals surface area contributed by atoms with Gasteiger partial charge in [0.1, 0.15) is 18.0 Å². The largest absolute Gasteiger partial charge is 0.490 e. The summed E-state index contributed by atoms with van der Waals surface area (Å²) in [6.45, 7) is 2.07. The Kier molecular flexibility index (Phi) is 3.72. The second-order valence-corrected chi connectivity index (χ2v) is 5.99. The fourth-order valence-corrected chi connectivity index (χ4v) is 3.31. The van der Waals surface area contributed by atoms with Gasteiger partial charge in [0.2, 0.25) is 0 Å². The standard InChI is InChI=1S/C17H18O2S/c1-11-9-13-10-12(7-8-15(13)19-11)17(18)14-5-3-4-6-16(14)20-2/h3-8,10-11,17-18H,9H2,1-2H3. The average Bonchev–Trinajstić information content (AvgIpc) is 2.85. The van der Waals surface area contributed by atoms with Crippen LogP contribution < -0.4 is 4.74 Å². The molecule has 2 nitrogen and oxygen atoms in total. The molecule has 0 fully saturated rings. The molecule has 20 heavy (non-hydrogen) atoms. The van der Waals surface area contributed by atoms with Crippen molar-refractivity contribution in [1.82, 2.24) is 0 Å². The summed E-state index contributed by atoms with van der Waals surface area (Å²) >= 11 is 1.66. The van der Waals surface area contributed by atoms with Crippen molar-refractivity contribution in [3.05, 3.63) is 59.2 Å². The Balaban J connectivity index is 1.95. The Morgan fingerprint density at radius 1 is 1.25 bits per heavy atom. The Hall–Kier alpha value is -1.45. The Bertz CT molecular complexity index is 624. The van der Waals surface area contributed by atoms with Gasteiger partial charge in [-0.2, -0.15) is 0 Å². The highest BCUT2D eigenvalue weighted by atomic mass is 32.2. The number of fused-ring (bicyclic) bond motifs is 1. The van der Waals surface area contributed by atoms with E-state index in [2.05, 4.69) is 13.0 Å². The number of aliphatic hydroxyl groups excluding tert-OH is 1. The maximum Gasteiger partial charge on any atom is 0.123 e. The van der Waals surface area contributed by atoms with E-state index in [-0.39, 0.29) is 6.10 Å². The van der Waals surface area contributed by atoms with E-state index in [0.29, 0.717) is 0 Å². The highest BCUT2D eigenvalue weighted by Crippen LogP contribution is 2.35. The van der Waals surface area contributed by atoms with Gasteiger partial charge in [-0.3, -0.25) is 0 Å². The first-order chi connectivity index (χ1) is 9.69. The van der Waals surface area contributed by atoms with Crippen molar-refractivity contribution in [1.29, 1.82) is 0 Å². The number of benzene rings is 2. The highest BCUT2D eigenvalue weighted by molar-refractivity contribution is 7.98. The molecule has 3 rings (SSSR count). The molecule has 0 radical (unpaired) electrons. The van der Waals surface area contributed by atoms with Crippen LogP contribution in [0.1, 0.15) is 29.7 Å². The molecule has 1 aliphatic heterocycles. The third-order valence-corrected chi connectivity index (χ3v) is 4.48. The number of hydrogen-bond donors (Lipinski definition) is 1. The van der Waals surface area contributed by atoms with Gasteiger partial charge in [0.05, 0.1) is 0 Å². The molecule has 0 bridgehead atoms. The van der Waals surface area contributed by atoms with Crippen molar-refractivity contribution in [3.8, 4) is 5.75 Å². The molecule has 1 heterocycles. The average molecular weight is 286 g/mol. The lowest BCUT2D eigenvalue weighted by atomic mass is 9.98. The topological polar surface area (TPSA) is 29.5 Å². The van der Waals surface area contributed by atoms with Crippen molar-refractivity contribution in [2.45, 2.75) is 30.4 Å². The molecule has 2 unspecified atom stereocenters. The fourth-order valence-electron chi connectivity index (χ4n) is 2.68. The first kappa shape index (κ1) is 13.5. The Morgan fingerprint density at radius 3 is 2.85 bits per heavy atom. The summed E-state index contributed by atoms with van der Waals surface area (Å²) in [4.78, 5) is 1.12. The van der Waals surface area contributed by atoms with E-state index in [1.165, 1.54) is 5.56 Å². The lowest BCUT2D eigenvalue weighted by Crippen LogP contribution is -2.05. The summed E-state index contributed by atoms with van der Waals surface area (Å²) in [6, 6.07) is 14.0. The van der Waals surface area contributed by atoms with Crippen LogP contribution in [0.2, 0.25) is 0 Å². The second kappa shape index (κ2) is 5.51. The van der Waals surface area contributed by atoms with Crippen LogP contribution in [0.3, 0.4) is 0 Å². The van der Waals surface area contributed by atoms with E-state index >= 15 is 0 Å². The van der Waals surface area contributed by atoms with E-state index in [0.717, 1.165) is 28.2 Å². The van der Waals surface area contributed by atoms with E-state index in [1.807, 2.05) is 42.7 Å². The van der Waals surface area contributed by atoms with Crippen LogP contribution in [0.5, 0.6) is 5.75 Å². The molecule has 104 valence electrons. The summed E-state index contributed by atoms with van der Waals surface area (Å²) < 4.78 is 5.71. The third-order valence-electron chi connectivity index (χ3n) is 3.67. The van der Waals surface area contributed by atoms with Gasteiger partial charge in [-0.05, 0) is 48.1 Å². The monoisotopic (exact) mass is 286 g/mol. The van der Waals surface area contributed by atoms with E-state index in [1.54, 1.807) is 11.8 Å². The number of hydrogen-bond acceptors (Lipinski definition) is 3. The van der Waals surface area contributed by atoms with Crippen molar-refractivity contribution >= 4 is 11.8 Å². The molecule has 1 N–H and O–H groups in total. The van der Waals surface area contributed by atoms with Gasteiger partial charge in [-0.25, -0.2) is 0 Å². The first-order valence-electron chi connectivity index (χ1n) is 6.79. The fraction of sp³-hybridized carbons (Fsp3) is 0.294. The molecule has 0 saturated carbocycles. The van der Waals surface area contributed by atoms with Crippen LogP contribution in [0, 0.1) is 0 Å². The lowest BCUT2D eigenvalue weighted by molar-refractivity contribution is 0.217. The summed E-state index contributed by atoms with van der Waals surface area (Å²) in [7, 11) is 0. The third kappa shape index (κ3) is 2.43. The summed E-state index contributed by atoms with van der Waals surface area (Å²) in [5, 5.41) is 10.6. The van der Waals surface area contributed by atoms with E-state index in [9.17, 15) is 5.11 Å². The van der Waals surface area contributed by atoms with Gasteiger partial charge in [-0.1, -0.05) is 24.3 Å². The zero-order valence-electron chi connectivity index (χ0n) is 11.7. The SMILES string of the molecule is CSc1ccccc1C(O)c1ccc2c(c1)CC(C)O2. The van der Waals surface area contributed by atoms with Crippen LogP contribution in [0.15, 0.2) is 47.4 Å². The van der Waals surface area contributed by atoms with Gasteiger partial charge < -0.3 is 9.84 Å². The zero-order chi connectivity index (χ0) is 14.1. The molecule has 0 saturated heterocycles. The van der Waals surface area contributed by atoms with Crippen molar-refractivity contribution in [2.75, 3.05) is 6.26 Å². The normalized spacial score (nSPS) is 18.4. The molecule has 2 aromatic carbocycles. The van der Waals surface area contributed by atoms with Gasteiger partial charge in [0, 0.05) is 11.3 Å². The van der Waals surface area contributed by atoms with Crippen molar-refractivity contribution < 1.29 is 9.84 Å². The molecule has 0 aliphatic carbocycles. The molecule has 0 amide bonds. The van der Waals surface area contributed by atoms with Crippen molar-refractivity contribution in [3.63, 3.8) is 0 Å². The van der Waals surface area contributed by atoms with Gasteiger partial charge >= 0.3 is 0 Å². The zero-order valence-corrected chi connectivity index (χ0v) is 12.5. The predicted molar refractivity (Wildman–Crippen MR) is 82.5 cm³/mol. The quantitative estimate of drug-likeness (QED) is 0.870. The predicted octanol–water partition coefficient (Wildman–Crippen LogP) is 3.81. The van der Waals surface area contributed by atoms with E-state index < -0.39 is 6.10 Å². The number of aliphatic hydroxyl groups is 1. The molecular weight excluding hydrogens is 268 g/mol. The minimum absolute atomic E-state index is 0.232. The van der Waals surface area contributed by atoms with Gasteiger partial charge in [0.25, 0.3) is 0 Å². The number of rotatable bonds is 3. The van der Waals surface area contributed by atoms with E-state index in [4.69, 9.17) is 4.74 Å². The van der Waals surface area contributed by atoms with Crippen LogP contribution in [0.4, 0.5) is 0 Å². The second-order valence-electron chi connectivity index (χ2n) is 5.14. The number of thioether (sulfide) groups is 1. The summed E-state index contributed by atoms with van der Waals surface area (Å²) in [6.07, 6.45) is 2.60. The maximum atomic E-state index is 10.6. The summed E-state index contributed by atoms with van der Waals surface area (Å²) in [5.41, 5.74) is 3.09. The number of ether oxygens (including phenoxy) is 1. The molecule has 1 aliphatic rings. The highest BCUT2D eigenvalue weighted by Gasteiger charge is 2.21. The van der Waals surface area contributed by atoms with Gasteiger partial charge in [-0.15, -0.1) is 11.8 Å². The van der Waals surface area contributed by atoms with Crippen LogP contribution in [-0.2, 0) is 6.42 Å². The molecule has 3 heteroatoms. The Labute approximate surface area is 123 Å². The Morgan fingerprint density at radius 2 is 2.05 bits per heavy atom.